The van der Waals surface area contributed by atoms with Gasteiger partial charge in [-0.15, -0.1) is 34.9 Å². The van der Waals surface area contributed by atoms with Crippen LogP contribution in [0.2, 0.25) is 0 Å². The number of aromatic carboxylic acids is 1. The second kappa shape index (κ2) is 12.3. The maximum absolute atomic E-state index is 10.1. The van der Waals surface area contributed by atoms with Crippen molar-refractivity contribution in [2.45, 2.75) is 40.0 Å². The maximum atomic E-state index is 10.1. The molecule has 0 fully saturated rings. The van der Waals surface area contributed by atoms with Crippen LogP contribution in [0.3, 0.4) is 0 Å². The average molecular weight is 754 g/mol. The van der Waals surface area contributed by atoms with E-state index in [4.69, 9.17) is 10.1 Å². The molecule has 5 heteroatoms. The van der Waals surface area contributed by atoms with Crippen molar-refractivity contribution < 1.29 is 30.0 Å². The molecule has 0 bridgehead atoms. The van der Waals surface area contributed by atoms with Crippen LogP contribution in [0, 0.1) is 26.8 Å². The number of pyridine rings is 2. The molecule has 0 saturated carbocycles. The van der Waals surface area contributed by atoms with Crippen LogP contribution in [-0.4, -0.2) is 21.0 Å². The summed E-state index contributed by atoms with van der Waals surface area (Å²) < 4.78 is 0. The first kappa shape index (κ1) is 31.0. The Balaban J connectivity index is 0.000000333. The van der Waals surface area contributed by atoms with Crippen molar-refractivity contribution in [1.82, 2.24) is 9.97 Å². The number of rotatable bonds is 3. The van der Waals surface area contributed by atoms with Crippen molar-refractivity contribution in [2.75, 3.05) is 0 Å². The molecule has 0 aliphatic heterocycles. The van der Waals surface area contributed by atoms with Crippen LogP contribution in [0.25, 0.3) is 44.4 Å². The van der Waals surface area contributed by atoms with Crippen LogP contribution in [0.15, 0.2) is 103 Å². The predicted molar refractivity (Wildman–Crippen MR) is 174 cm³/mol. The molecule has 221 valence electrons. The fourth-order valence-corrected chi connectivity index (χ4v) is 6.13. The molecule has 0 spiro atoms. The fraction of sp³-hybridized carbons (Fsp3) is 0.154. The first-order valence-corrected chi connectivity index (χ1v) is 14.4. The first-order chi connectivity index (χ1) is 20.6. The van der Waals surface area contributed by atoms with Gasteiger partial charge in [0.2, 0.25) is 0 Å². The van der Waals surface area contributed by atoms with E-state index in [0.717, 1.165) is 22.3 Å². The predicted octanol–water partition coefficient (Wildman–Crippen LogP) is 9.38. The molecule has 44 heavy (non-hydrogen) atoms. The van der Waals surface area contributed by atoms with Gasteiger partial charge in [-0.25, -0.2) is 9.78 Å². The van der Waals surface area contributed by atoms with Crippen LogP contribution >= 0.6 is 0 Å². The van der Waals surface area contributed by atoms with Crippen LogP contribution in [0.4, 0.5) is 0 Å². The smallest absolute Gasteiger partial charge is 0.354 e. The number of benzene rings is 4. The minimum Gasteiger partial charge on any atom is -0.477 e. The number of carboxylic acid groups (broad SMARTS) is 1. The second-order valence-electron chi connectivity index (χ2n) is 11.8. The van der Waals surface area contributed by atoms with Crippen LogP contribution in [0.5, 0.6) is 0 Å². The molecule has 1 aliphatic rings. The Morgan fingerprint density at radius 1 is 0.750 bits per heavy atom. The van der Waals surface area contributed by atoms with Gasteiger partial charge in [-0.3, -0.25) is 4.98 Å². The molecule has 0 saturated heterocycles. The zero-order chi connectivity index (χ0) is 30.3. The van der Waals surface area contributed by atoms with Gasteiger partial charge in [0, 0.05) is 37.1 Å². The van der Waals surface area contributed by atoms with Gasteiger partial charge in [0.1, 0.15) is 5.69 Å². The molecule has 7 rings (SSSR count). The topological polar surface area (TPSA) is 63.1 Å². The van der Waals surface area contributed by atoms with Gasteiger partial charge in [0.05, 0.1) is 5.52 Å². The molecule has 1 N–H and O–H groups in total. The van der Waals surface area contributed by atoms with Crippen molar-refractivity contribution in [3.8, 4) is 33.5 Å². The number of carboxylic acids is 1. The Morgan fingerprint density at radius 2 is 1.52 bits per heavy atom. The Hall–Kier alpha value is -4.44. The summed E-state index contributed by atoms with van der Waals surface area (Å²) in [5, 5.41) is 9.52. The largest absolute Gasteiger partial charge is 0.477 e. The molecule has 0 amide bonds. The molecule has 2 aromatic heterocycles. The molecule has 1 radical (unpaired) electrons. The van der Waals surface area contributed by atoms with Gasteiger partial charge in [-0.05, 0) is 70.3 Å². The number of nitrogens with zero attached hydrogens (tertiary/aromatic N) is 2. The summed E-state index contributed by atoms with van der Waals surface area (Å²) in [6.07, 6.45) is 1.45. The van der Waals surface area contributed by atoms with E-state index in [1.807, 2.05) is 0 Å². The van der Waals surface area contributed by atoms with E-state index in [1.165, 1.54) is 62.2 Å². The van der Waals surface area contributed by atoms with Crippen molar-refractivity contribution in [3.05, 3.63) is 143 Å². The summed E-state index contributed by atoms with van der Waals surface area (Å²) in [5.74, 6) is -0.990. The van der Waals surface area contributed by atoms with E-state index in [-0.39, 0.29) is 31.2 Å². The monoisotopic (exact) mass is 754 g/mol. The Kier molecular flexibility index (Phi) is 8.65. The summed E-state index contributed by atoms with van der Waals surface area (Å²) in [4.78, 5) is 18.9. The van der Waals surface area contributed by atoms with Crippen LogP contribution < -0.4 is 0 Å². The van der Waals surface area contributed by atoms with Crippen molar-refractivity contribution in [3.63, 3.8) is 0 Å². The zero-order valence-electron chi connectivity index (χ0n) is 25.4. The number of hydrogen-bond donors (Lipinski definition) is 1. The van der Waals surface area contributed by atoms with E-state index < -0.39 is 5.97 Å². The molecular formula is C39H33IrN2O2-. The second-order valence-corrected chi connectivity index (χ2v) is 11.8. The SMILES string of the molecule is Cc1[c-]c(-c2cc(-c3cccc(C)c3)c3cc4c(cc3n2)C(C)(C)c2ccccc2-4)cc(C)c1.O=C(O)c1ccccn1.[Ir]. The van der Waals surface area contributed by atoms with Gasteiger partial charge in [-0.1, -0.05) is 93.9 Å². The van der Waals surface area contributed by atoms with Crippen molar-refractivity contribution in [2.24, 2.45) is 0 Å². The van der Waals surface area contributed by atoms with E-state index in [9.17, 15) is 4.79 Å². The van der Waals surface area contributed by atoms with Gasteiger partial charge >= 0.3 is 5.97 Å². The third-order valence-corrected chi connectivity index (χ3v) is 8.15. The maximum Gasteiger partial charge on any atom is 0.354 e. The van der Waals surface area contributed by atoms with Gasteiger partial charge in [0.15, 0.2) is 0 Å². The Labute approximate surface area is 272 Å². The van der Waals surface area contributed by atoms with Crippen LogP contribution in [-0.2, 0) is 25.5 Å². The first-order valence-electron chi connectivity index (χ1n) is 14.4. The standard InChI is InChI=1S/C33H28N.C6H5NO2.Ir/c1-20-9-8-10-23(14-20)26-18-31(24-15-21(2)13-22(3)16-24)34-32-19-30-27(17-28(26)32)25-11-6-7-12-29(25)33(30,4)5;8-6(9)5-3-1-2-4-7-5;/h6-15,17-19H,1-5H3;1-4H,(H,8,9);/q-1;;. The van der Waals surface area contributed by atoms with E-state index >= 15 is 0 Å². The van der Waals surface area contributed by atoms with Crippen LogP contribution in [0.1, 0.15) is 52.2 Å². The molecule has 4 aromatic carbocycles. The summed E-state index contributed by atoms with van der Waals surface area (Å²) in [6, 6.07) is 37.2. The van der Waals surface area contributed by atoms with Gasteiger partial charge in [0.25, 0.3) is 0 Å². The quantitative estimate of drug-likeness (QED) is 0.183. The Morgan fingerprint density at radius 3 is 2.20 bits per heavy atom. The van der Waals surface area contributed by atoms with Crippen molar-refractivity contribution >= 4 is 16.9 Å². The zero-order valence-corrected chi connectivity index (χ0v) is 27.8. The summed E-state index contributed by atoms with van der Waals surface area (Å²) in [7, 11) is 0. The minimum absolute atomic E-state index is 0. The van der Waals surface area contributed by atoms with Gasteiger partial charge in [-0.2, -0.15) is 0 Å². The molecule has 0 atom stereocenters. The third kappa shape index (κ3) is 5.86. The summed E-state index contributed by atoms with van der Waals surface area (Å²) in [5.41, 5.74) is 14.6. The van der Waals surface area contributed by atoms with E-state index in [0.29, 0.717) is 0 Å². The Bertz CT molecular complexity index is 2000. The number of aryl methyl sites for hydroxylation is 3. The fourth-order valence-electron chi connectivity index (χ4n) is 6.13. The normalized spacial score (nSPS) is 12.4. The molecule has 1 aliphatic carbocycles. The number of hydrogen-bond acceptors (Lipinski definition) is 3. The van der Waals surface area contributed by atoms with E-state index in [2.05, 4.69) is 125 Å². The number of carbonyl (C=O) groups is 1. The van der Waals surface area contributed by atoms with Crippen molar-refractivity contribution in [1.29, 1.82) is 0 Å². The average Bonchev–Trinajstić information content (AvgIpc) is 3.21. The molecule has 6 aromatic rings. The molecule has 0 unspecified atom stereocenters. The molecule has 4 nitrogen and oxygen atoms in total. The van der Waals surface area contributed by atoms with E-state index in [1.54, 1.807) is 12.1 Å². The summed E-state index contributed by atoms with van der Waals surface area (Å²) in [6.45, 7) is 11.0. The number of fused-ring (bicyclic) bond motifs is 4. The minimum atomic E-state index is -0.990. The molecule has 2 heterocycles. The third-order valence-electron chi connectivity index (χ3n) is 8.15. The molecular weight excluding hydrogens is 721 g/mol. The summed E-state index contributed by atoms with van der Waals surface area (Å²) >= 11 is 0. The number of aromatic nitrogens is 2. The van der Waals surface area contributed by atoms with Gasteiger partial charge < -0.3 is 5.11 Å².